The van der Waals surface area contributed by atoms with E-state index < -0.39 is 5.97 Å². The molecule has 2 N–H and O–H groups in total. The molecule has 0 saturated carbocycles. The van der Waals surface area contributed by atoms with Gasteiger partial charge in [-0.05, 0) is 0 Å². The fraction of sp³-hybridized carbons (Fsp3) is 0.333. The SMILES string of the molecule is O=C(O)c1cc2n(n1)CCN2. The average molecular weight is 153 g/mol. The summed E-state index contributed by atoms with van der Waals surface area (Å²) < 4.78 is 1.66. The van der Waals surface area contributed by atoms with Crippen LogP contribution in [-0.2, 0) is 6.54 Å². The first-order valence-corrected chi connectivity index (χ1v) is 3.32. The molecular weight excluding hydrogens is 146 g/mol. The van der Waals surface area contributed by atoms with Crippen molar-refractivity contribution in [1.29, 1.82) is 0 Å². The molecule has 1 aliphatic heterocycles. The third-order valence-electron chi connectivity index (χ3n) is 1.63. The minimum Gasteiger partial charge on any atom is -0.476 e. The van der Waals surface area contributed by atoms with Gasteiger partial charge in [-0.2, -0.15) is 5.10 Å². The van der Waals surface area contributed by atoms with Crippen molar-refractivity contribution in [1.82, 2.24) is 9.78 Å². The Kier molecular flexibility index (Phi) is 1.12. The summed E-state index contributed by atoms with van der Waals surface area (Å²) in [7, 11) is 0. The number of fused-ring (bicyclic) bond motifs is 1. The van der Waals surface area contributed by atoms with Gasteiger partial charge >= 0.3 is 5.97 Å². The molecule has 1 aromatic heterocycles. The Morgan fingerprint density at radius 3 is 3.27 bits per heavy atom. The van der Waals surface area contributed by atoms with Crippen LogP contribution in [0.5, 0.6) is 0 Å². The summed E-state index contributed by atoms with van der Waals surface area (Å²) in [5.74, 6) is -0.184. The van der Waals surface area contributed by atoms with Crippen LogP contribution in [0.2, 0.25) is 0 Å². The Balaban J connectivity index is 2.42. The molecule has 11 heavy (non-hydrogen) atoms. The van der Waals surface area contributed by atoms with Crippen LogP contribution in [0.1, 0.15) is 10.5 Å². The van der Waals surface area contributed by atoms with E-state index in [1.807, 2.05) is 0 Å². The largest absolute Gasteiger partial charge is 0.476 e. The molecule has 0 unspecified atom stereocenters. The standard InChI is InChI=1S/C6H7N3O2/c10-6(11)4-3-5-7-1-2-9(5)8-4/h3,7H,1-2H2,(H,10,11). The molecule has 0 radical (unpaired) electrons. The molecule has 1 aliphatic rings. The first-order valence-electron chi connectivity index (χ1n) is 3.32. The highest BCUT2D eigenvalue weighted by atomic mass is 16.4. The van der Waals surface area contributed by atoms with Crippen LogP contribution >= 0.6 is 0 Å². The van der Waals surface area contributed by atoms with E-state index in [9.17, 15) is 4.79 Å². The van der Waals surface area contributed by atoms with Crippen molar-refractivity contribution in [3.63, 3.8) is 0 Å². The van der Waals surface area contributed by atoms with E-state index in [0.29, 0.717) is 0 Å². The lowest BCUT2D eigenvalue weighted by Gasteiger charge is -1.87. The quantitative estimate of drug-likeness (QED) is 0.596. The zero-order valence-electron chi connectivity index (χ0n) is 5.74. The molecule has 0 aromatic carbocycles. The van der Waals surface area contributed by atoms with Gasteiger partial charge in [-0.15, -0.1) is 0 Å². The van der Waals surface area contributed by atoms with Gasteiger partial charge in [-0.3, -0.25) is 0 Å². The number of carboxylic acids is 1. The molecule has 1 aromatic rings. The number of carbonyl (C=O) groups is 1. The summed E-state index contributed by atoms with van der Waals surface area (Å²) in [6.45, 7) is 1.59. The molecular formula is C6H7N3O2. The van der Waals surface area contributed by atoms with Crippen molar-refractivity contribution in [3.8, 4) is 0 Å². The maximum atomic E-state index is 10.4. The Morgan fingerprint density at radius 2 is 2.64 bits per heavy atom. The molecule has 5 nitrogen and oxygen atoms in total. The Bertz CT molecular complexity index is 283. The maximum absolute atomic E-state index is 10.4. The second-order valence-electron chi connectivity index (χ2n) is 2.37. The van der Waals surface area contributed by atoms with Crippen molar-refractivity contribution >= 4 is 11.8 Å². The second-order valence-corrected chi connectivity index (χ2v) is 2.37. The molecule has 0 amide bonds. The van der Waals surface area contributed by atoms with Crippen molar-refractivity contribution < 1.29 is 9.90 Å². The molecule has 58 valence electrons. The van der Waals surface area contributed by atoms with Gasteiger partial charge in [-0.1, -0.05) is 0 Å². The lowest BCUT2D eigenvalue weighted by Crippen LogP contribution is -2.02. The van der Waals surface area contributed by atoms with Gasteiger partial charge in [0, 0.05) is 12.6 Å². The number of hydrogen-bond acceptors (Lipinski definition) is 3. The van der Waals surface area contributed by atoms with Crippen LogP contribution in [0, 0.1) is 0 Å². The van der Waals surface area contributed by atoms with Gasteiger partial charge < -0.3 is 10.4 Å². The summed E-state index contributed by atoms with van der Waals surface area (Å²) in [6.07, 6.45) is 0. The summed E-state index contributed by atoms with van der Waals surface area (Å²) >= 11 is 0. The van der Waals surface area contributed by atoms with E-state index in [1.165, 1.54) is 6.07 Å². The molecule has 0 aliphatic carbocycles. The number of anilines is 1. The number of nitrogens with zero attached hydrogens (tertiary/aromatic N) is 2. The van der Waals surface area contributed by atoms with E-state index in [2.05, 4.69) is 10.4 Å². The molecule has 0 saturated heterocycles. The number of rotatable bonds is 1. The van der Waals surface area contributed by atoms with Crippen LogP contribution < -0.4 is 5.32 Å². The molecule has 0 bridgehead atoms. The van der Waals surface area contributed by atoms with Gasteiger partial charge in [0.15, 0.2) is 5.69 Å². The summed E-state index contributed by atoms with van der Waals surface area (Å²) in [4.78, 5) is 10.4. The number of carboxylic acid groups (broad SMARTS) is 1. The highest BCUT2D eigenvalue weighted by Crippen LogP contribution is 2.14. The first kappa shape index (κ1) is 6.21. The van der Waals surface area contributed by atoms with Crippen LogP contribution in [0.15, 0.2) is 6.07 Å². The number of hydrogen-bond donors (Lipinski definition) is 2. The predicted octanol–water partition coefficient (Wildman–Crippen LogP) is 0.00680. The fourth-order valence-electron chi connectivity index (χ4n) is 1.12. The smallest absolute Gasteiger partial charge is 0.356 e. The predicted molar refractivity (Wildman–Crippen MR) is 37.7 cm³/mol. The van der Waals surface area contributed by atoms with E-state index in [-0.39, 0.29) is 5.69 Å². The van der Waals surface area contributed by atoms with Crippen molar-refractivity contribution in [2.45, 2.75) is 6.54 Å². The lowest BCUT2D eigenvalue weighted by molar-refractivity contribution is 0.0689. The molecule has 5 heteroatoms. The number of aromatic carboxylic acids is 1. The van der Waals surface area contributed by atoms with Crippen LogP contribution in [-0.4, -0.2) is 27.4 Å². The number of nitrogens with one attached hydrogen (secondary N) is 1. The summed E-state index contributed by atoms with van der Waals surface area (Å²) in [5.41, 5.74) is 0.104. The van der Waals surface area contributed by atoms with Crippen molar-refractivity contribution in [3.05, 3.63) is 11.8 Å². The third kappa shape index (κ3) is 0.849. The van der Waals surface area contributed by atoms with Gasteiger partial charge in [0.25, 0.3) is 0 Å². The second kappa shape index (κ2) is 1.98. The lowest BCUT2D eigenvalue weighted by atomic mass is 10.4. The van der Waals surface area contributed by atoms with Gasteiger partial charge in [0.05, 0.1) is 6.54 Å². The highest BCUT2D eigenvalue weighted by molar-refractivity contribution is 5.86. The zero-order valence-corrected chi connectivity index (χ0v) is 5.74. The topological polar surface area (TPSA) is 67.1 Å². The van der Waals surface area contributed by atoms with E-state index in [1.54, 1.807) is 4.68 Å². The Morgan fingerprint density at radius 1 is 1.82 bits per heavy atom. The molecule has 2 heterocycles. The van der Waals surface area contributed by atoms with Gasteiger partial charge in [0.1, 0.15) is 5.82 Å². The molecule has 0 atom stereocenters. The van der Waals surface area contributed by atoms with Crippen molar-refractivity contribution in [2.75, 3.05) is 11.9 Å². The van der Waals surface area contributed by atoms with Crippen LogP contribution in [0.4, 0.5) is 5.82 Å². The zero-order chi connectivity index (χ0) is 7.84. The van der Waals surface area contributed by atoms with E-state index in [0.717, 1.165) is 18.9 Å². The average Bonchev–Trinajstić information content (AvgIpc) is 2.40. The third-order valence-corrected chi connectivity index (χ3v) is 1.63. The van der Waals surface area contributed by atoms with Crippen molar-refractivity contribution in [2.24, 2.45) is 0 Å². The maximum Gasteiger partial charge on any atom is 0.356 e. The van der Waals surface area contributed by atoms with Gasteiger partial charge in [-0.25, -0.2) is 9.48 Å². The normalized spacial score (nSPS) is 14.2. The van der Waals surface area contributed by atoms with E-state index in [4.69, 9.17) is 5.11 Å². The monoisotopic (exact) mass is 153 g/mol. The highest BCUT2D eigenvalue weighted by Gasteiger charge is 2.15. The van der Waals surface area contributed by atoms with Crippen LogP contribution in [0.3, 0.4) is 0 Å². The van der Waals surface area contributed by atoms with Gasteiger partial charge in [0.2, 0.25) is 0 Å². The summed E-state index contributed by atoms with van der Waals surface area (Å²) in [6, 6.07) is 1.54. The minimum absolute atomic E-state index is 0.104. The molecule has 2 rings (SSSR count). The number of aromatic nitrogens is 2. The minimum atomic E-state index is -0.978. The molecule has 0 spiro atoms. The Labute approximate surface area is 62.6 Å². The fourth-order valence-corrected chi connectivity index (χ4v) is 1.12. The summed E-state index contributed by atoms with van der Waals surface area (Å²) in [5, 5.41) is 15.4. The Hall–Kier alpha value is -1.52. The van der Waals surface area contributed by atoms with E-state index >= 15 is 0 Å². The first-order chi connectivity index (χ1) is 5.27. The van der Waals surface area contributed by atoms with Crippen LogP contribution in [0.25, 0.3) is 0 Å². The molecule has 0 fully saturated rings.